The second kappa shape index (κ2) is 14.8. The van der Waals surface area contributed by atoms with Crippen molar-refractivity contribution in [3.8, 4) is 44.8 Å². The van der Waals surface area contributed by atoms with Crippen LogP contribution in [0.25, 0.3) is 66.8 Å². The highest BCUT2D eigenvalue weighted by atomic mass is 28.3. The largest absolute Gasteiger partial charge is 0.437 e. The third-order valence-corrected chi connectivity index (χ3v) is 14.8. The predicted octanol–water partition coefficient (Wildman–Crippen LogP) is 13.3. The molecule has 5 aromatic carbocycles. The van der Waals surface area contributed by atoms with Gasteiger partial charge in [0.1, 0.15) is 11.3 Å². The average molecular weight is 799 g/mol. The zero-order chi connectivity index (χ0) is 41.3. The summed E-state index contributed by atoms with van der Waals surface area (Å²) in [6.45, 7) is 19.0. The number of nitrogens with zero attached hydrogens (tertiary/aromatic N) is 3. The molecule has 0 spiro atoms. The number of hydrogen-bond donors (Lipinski definition) is 0. The Kier molecular flexibility index (Phi) is 9.40. The molecule has 5 heterocycles. The fourth-order valence-corrected chi connectivity index (χ4v) is 11.8. The standard InChI is InChI=1S/C55H52N3OSi/c1-34(2)31-40-32-49-44-22-15-14-21-43(44)45-27-25-39-26-28-46-47-29-30-48(52-41(37-17-10-8-11-18-37)23-16-24-42(52)38-19-12-9-13-20-38)57-55(47)59-54(46)51(39)35(3)56-36(4)53(45)58(49)33-50(40)60(5,6)7/h8-24,26,28-30,32-34,45,53H,4,25,27,31H2,1-3,5-7H3/q+1/b56-35-. The number of pyridine rings is 2. The Balaban J connectivity index is 1.13. The number of aromatic nitrogens is 2. The van der Waals surface area contributed by atoms with Gasteiger partial charge in [0.2, 0.25) is 17.4 Å². The van der Waals surface area contributed by atoms with Gasteiger partial charge in [-0.1, -0.05) is 149 Å². The molecule has 4 nitrogen and oxygen atoms in total. The van der Waals surface area contributed by atoms with Crippen LogP contribution in [0, 0.1) is 5.92 Å². The van der Waals surface area contributed by atoms with E-state index in [-0.39, 0.29) is 12.0 Å². The van der Waals surface area contributed by atoms with E-state index in [1.807, 2.05) is 0 Å². The third kappa shape index (κ3) is 6.47. The maximum atomic E-state index is 6.95. The fourth-order valence-electron chi connectivity index (χ4n) is 10.2. The van der Waals surface area contributed by atoms with Gasteiger partial charge in [0, 0.05) is 44.4 Å². The fraction of sp³-hybridized carbons (Fsp3) is 0.218. The topological polar surface area (TPSA) is 42.3 Å². The van der Waals surface area contributed by atoms with Crippen molar-refractivity contribution in [2.24, 2.45) is 10.9 Å². The molecule has 0 amide bonds. The quantitative estimate of drug-likeness (QED) is 0.124. The normalized spacial score (nSPS) is 17.2. The van der Waals surface area contributed by atoms with Gasteiger partial charge in [0.05, 0.1) is 19.7 Å². The summed E-state index contributed by atoms with van der Waals surface area (Å²) in [6.07, 6.45) is 5.44. The molecule has 2 aliphatic rings. The molecule has 0 fully saturated rings. The average Bonchev–Trinajstić information content (AvgIpc) is 3.64. The van der Waals surface area contributed by atoms with Crippen LogP contribution in [0.4, 0.5) is 0 Å². The first kappa shape index (κ1) is 38.1. The van der Waals surface area contributed by atoms with E-state index in [1.165, 1.54) is 33.1 Å². The van der Waals surface area contributed by atoms with E-state index in [4.69, 9.17) is 21.0 Å². The van der Waals surface area contributed by atoms with Crippen molar-refractivity contribution in [2.45, 2.75) is 71.6 Å². The summed E-state index contributed by atoms with van der Waals surface area (Å²) in [4.78, 5) is 10.8. The minimum Gasteiger partial charge on any atom is -0.437 e. The molecule has 0 radical (unpaired) electrons. The molecule has 296 valence electrons. The first-order valence-corrected chi connectivity index (χ1v) is 25.1. The number of aliphatic imine (C=N–C) groups is 1. The van der Waals surface area contributed by atoms with Gasteiger partial charge in [-0.3, -0.25) is 4.99 Å². The molecule has 0 N–H and O–H groups in total. The number of hydrogen-bond acceptors (Lipinski definition) is 3. The molecule has 2 unspecified atom stereocenters. The van der Waals surface area contributed by atoms with Crippen molar-refractivity contribution in [3.05, 3.63) is 174 Å². The van der Waals surface area contributed by atoms with Crippen LogP contribution in [0.3, 0.4) is 0 Å². The van der Waals surface area contributed by atoms with Crippen molar-refractivity contribution in [1.29, 1.82) is 0 Å². The van der Waals surface area contributed by atoms with Crippen LogP contribution in [0.1, 0.15) is 61.4 Å². The summed E-state index contributed by atoms with van der Waals surface area (Å²) in [6, 6.07) is 48.2. The van der Waals surface area contributed by atoms with E-state index in [2.05, 4.69) is 185 Å². The molecule has 0 saturated carbocycles. The maximum absolute atomic E-state index is 6.95. The van der Waals surface area contributed by atoms with Crippen molar-refractivity contribution >= 4 is 41.0 Å². The minimum atomic E-state index is -1.69. The van der Waals surface area contributed by atoms with Gasteiger partial charge in [-0.2, -0.15) is 4.57 Å². The SMILES string of the molecule is C=C1/N=C(/C)c2c(ccc3c2oc2nc(-c4c(-c5ccccc5)cccc4-c4ccccc4)ccc23)CCC2c3ccccc3-c3cc(CC(C)C)c([Si](C)(C)C)c[n+]3C12. The highest BCUT2D eigenvalue weighted by molar-refractivity contribution is 6.89. The van der Waals surface area contributed by atoms with E-state index >= 15 is 0 Å². The molecule has 0 aliphatic carbocycles. The van der Waals surface area contributed by atoms with Gasteiger partial charge in [0.25, 0.3) is 0 Å². The highest BCUT2D eigenvalue weighted by Crippen LogP contribution is 2.46. The van der Waals surface area contributed by atoms with E-state index in [0.717, 1.165) is 86.1 Å². The molecule has 60 heavy (non-hydrogen) atoms. The summed E-state index contributed by atoms with van der Waals surface area (Å²) in [7, 11) is -1.69. The molecule has 2 atom stereocenters. The van der Waals surface area contributed by atoms with Crippen LogP contribution in [-0.2, 0) is 12.8 Å². The molecular formula is C55H52N3OSi+. The zero-order valence-corrected chi connectivity index (χ0v) is 36.6. The van der Waals surface area contributed by atoms with Gasteiger partial charge in [-0.05, 0) is 89.2 Å². The number of benzene rings is 5. The van der Waals surface area contributed by atoms with E-state index in [0.29, 0.717) is 11.6 Å². The number of aryl methyl sites for hydroxylation is 1. The Morgan fingerprint density at radius 3 is 2.08 bits per heavy atom. The van der Waals surface area contributed by atoms with Crippen LogP contribution in [-0.4, -0.2) is 18.8 Å². The summed E-state index contributed by atoms with van der Waals surface area (Å²) in [5.41, 5.74) is 17.7. The van der Waals surface area contributed by atoms with Crippen molar-refractivity contribution in [1.82, 2.24) is 4.98 Å². The van der Waals surface area contributed by atoms with Gasteiger partial charge in [-0.15, -0.1) is 0 Å². The molecule has 0 bridgehead atoms. The molecule has 8 aromatic rings. The van der Waals surface area contributed by atoms with Gasteiger partial charge in [0.15, 0.2) is 6.20 Å². The lowest BCUT2D eigenvalue weighted by molar-refractivity contribution is -0.708. The summed E-state index contributed by atoms with van der Waals surface area (Å²) >= 11 is 0. The lowest BCUT2D eigenvalue weighted by atomic mass is 9.78. The Labute approximate surface area is 355 Å². The van der Waals surface area contributed by atoms with E-state index in [9.17, 15) is 0 Å². The Hall–Kier alpha value is -6.17. The maximum Gasteiger partial charge on any atom is 0.227 e. The number of furan rings is 1. The van der Waals surface area contributed by atoms with Gasteiger partial charge < -0.3 is 4.42 Å². The van der Waals surface area contributed by atoms with Crippen LogP contribution >= 0.6 is 0 Å². The number of rotatable bonds is 6. The monoisotopic (exact) mass is 798 g/mol. The molecule has 0 saturated heterocycles. The van der Waals surface area contributed by atoms with Crippen LogP contribution < -0.4 is 9.75 Å². The Morgan fingerprint density at radius 1 is 0.750 bits per heavy atom. The lowest BCUT2D eigenvalue weighted by Crippen LogP contribution is -2.54. The molecule has 10 rings (SSSR count). The Morgan fingerprint density at radius 2 is 1.40 bits per heavy atom. The van der Waals surface area contributed by atoms with Crippen molar-refractivity contribution in [3.63, 3.8) is 0 Å². The third-order valence-electron chi connectivity index (χ3n) is 12.8. The Bertz CT molecular complexity index is 2950. The summed E-state index contributed by atoms with van der Waals surface area (Å²) in [5, 5.41) is 3.60. The first-order valence-electron chi connectivity index (χ1n) is 21.6. The predicted molar refractivity (Wildman–Crippen MR) is 253 cm³/mol. The second-order valence-corrected chi connectivity index (χ2v) is 23.3. The van der Waals surface area contributed by atoms with E-state index in [1.54, 1.807) is 0 Å². The molecule has 5 heteroatoms. The van der Waals surface area contributed by atoms with Crippen LogP contribution in [0.2, 0.25) is 19.6 Å². The summed E-state index contributed by atoms with van der Waals surface area (Å²) in [5.74, 6) is 0.798. The smallest absolute Gasteiger partial charge is 0.227 e. The van der Waals surface area contributed by atoms with Crippen molar-refractivity contribution < 1.29 is 8.98 Å². The van der Waals surface area contributed by atoms with Crippen LogP contribution in [0.15, 0.2) is 161 Å². The highest BCUT2D eigenvalue weighted by Gasteiger charge is 2.44. The zero-order valence-electron chi connectivity index (χ0n) is 35.6. The van der Waals surface area contributed by atoms with Crippen LogP contribution in [0.5, 0.6) is 0 Å². The molecule has 2 aliphatic heterocycles. The first-order chi connectivity index (χ1) is 29.0. The minimum absolute atomic E-state index is 0.00115. The van der Waals surface area contributed by atoms with E-state index < -0.39 is 8.07 Å². The number of fused-ring (bicyclic) bond motifs is 11. The molecule has 3 aromatic heterocycles. The van der Waals surface area contributed by atoms with Gasteiger partial charge in [-0.25, -0.2) is 4.98 Å². The lowest BCUT2D eigenvalue weighted by Gasteiger charge is -2.32. The summed E-state index contributed by atoms with van der Waals surface area (Å²) < 4.78 is 9.51. The second-order valence-electron chi connectivity index (χ2n) is 18.3. The molecular weight excluding hydrogens is 747 g/mol. The van der Waals surface area contributed by atoms with Gasteiger partial charge >= 0.3 is 0 Å². The van der Waals surface area contributed by atoms with Crippen molar-refractivity contribution in [2.75, 3.05) is 0 Å². The number of allylic oxidation sites excluding steroid dienone is 1.